The lowest BCUT2D eigenvalue weighted by Crippen LogP contribution is -2.58. The van der Waals surface area contributed by atoms with Gasteiger partial charge in [-0.2, -0.15) is 0 Å². The fourth-order valence-corrected chi connectivity index (χ4v) is 10.9. The van der Waals surface area contributed by atoms with Crippen molar-refractivity contribution in [3.63, 3.8) is 0 Å². The third kappa shape index (κ3) is 13.4. The van der Waals surface area contributed by atoms with Gasteiger partial charge in [-0.25, -0.2) is 4.79 Å². The van der Waals surface area contributed by atoms with Crippen molar-refractivity contribution in [1.82, 2.24) is 4.90 Å². The summed E-state index contributed by atoms with van der Waals surface area (Å²) in [5, 5.41) is 81.8. The molecule has 0 aliphatic carbocycles. The third-order valence-electron chi connectivity index (χ3n) is 15.0. The molecule has 0 amide bonds. The second kappa shape index (κ2) is 21.8. The Kier molecular flexibility index (Phi) is 18.2. The first kappa shape index (κ1) is 53.4. The summed E-state index contributed by atoms with van der Waals surface area (Å²) in [5.74, 6) is -5.49. The van der Waals surface area contributed by atoms with E-state index in [-0.39, 0.29) is 43.4 Å². The largest absolute Gasteiger partial charge is 0.459 e. The highest BCUT2D eigenvalue weighted by molar-refractivity contribution is 5.82. The first-order valence-electron chi connectivity index (χ1n) is 24.3. The number of likely N-dealkylation sites (N-methyl/N-ethyl adjacent to an activating group) is 1. The maximum absolute atomic E-state index is 13.8. The number of aliphatic hydroxyl groups is 7. The van der Waals surface area contributed by atoms with Crippen LogP contribution < -0.4 is 0 Å². The Morgan fingerprint density at radius 1 is 0.859 bits per heavy atom. The number of allylic oxidation sites excluding steroid dienone is 1. The minimum atomic E-state index is -2.08. The van der Waals surface area contributed by atoms with Crippen LogP contribution in [0.2, 0.25) is 0 Å². The van der Waals surface area contributed by atoms with Crippen molar-refractivity contribution in [2.75, 3.05) is 14.1 Å². The maximum Gasteiger partial charge on any atom is 0.330 e. The Balaban J connectivity index is 1.45. The molecule has 0 aromatic rings. The Bertz CT molecular complexity index is 1550. The summed E-state index contributed by atoms with van der Waals surface area (Å²) in [4.78, 5) is 15.8. The van der Waals surface area contributed by atoms with Crippen LogP contribution >= 0.6 is 0 Å². The Morgan fingerprint density at radius 2 is 1.58 bits per heavy atom. The van der Waals surface area contributed by atoms with Crippen LogP contribution in [0.1, 0.15) is 152 Å². The first-order chi connectivity index (χ1) is 29.8. The highest BCUT2D eigenvalue weighted by Crippen LogP contribution is 2.49. The molecular formula is C49H85NO14. The minimum absolute atomic E-state index is 0.0790. The van der Waals surface area contributed by atoms with E-state index >= 15 is 0 Å². The molecule has 5 aliphatic rings. The molecule has 64 heavy (non-hydrogen) atoms. The average molecular weight is 912 g/mol. The highest BCUT2D eigenvalue weighted by atomic mass is 16.7. The van der Waals surface area contributed by atoms with Gasteiger partial charge in [-0.1, -0.05) is 45.8 Å². The lowest BCUT2D eigenvalue weighted by atomic mass is 9.79. The van der Waals surface area contributed by atoms with Crippen LogP contribution in [0.25, 0.3) is 0 Å². The molecule has 0 aromatic carbocycles. The molecule has 15 nitrogen and oxygen atoms in total. The van der Waals surface area contributed by atoms with Crippen molar-refractivity contribution in [2.24, 2.45) is 17.8 Å². The second-order valence-electron chi connectivity index (χ2n) is 21.4. The quantitative estimate of drug-likeness (QED) is 0.141. The number of hydrogen-bond donors (Lipinski definition) is 7. The summed E-state index contributed by atoms with van der Waals surface area (Å²) in [6, 6.07) is 0.128. The van der Waals surface area contributed by atoms with Gasteiger partial charge in [0.15, 0.2) is 17.9 Å². The number of esters is 1. The molecule has 18 atom stereocenters. The van der Waals surface area contributed by atoms with E-state index in [9.17, 15) is 40.5 Å². The molecule has 5 rings (SSSR count). The Hall–Kier alpha value is -1.57. The third-order valence-corrected chi connectivity index (χ3v) is 15.0. The molecule has 0 saturated carbocycles. The molecule has 2 bridgehead atoms. The summed E-state index contributed by atoms with van der Waals surface area (Å²) in [6.07, 6.45) is 4.66. The first-order valence-corrected chi connectivity index (χ1v) is 24.3. The van der Waals surface area contributed by atoms with E-state index in [4.69, 9.17) is 28.4 Å². The van der Waals surface area contributed by atoms with E-state index in [1.165, 1.54) is 20.8 Å². The van der Waals surface area contributed by atoms with Crippen molar-refractivity contribution in [1.29, 1.82) is 0 Å². The van der Waals surface area contributed by atoms with Crippen LogP contribution in [-0.4, -0.2) is 156 Å². The molecule has 5 aliphatic heterocycles. The fraction of sp³-hybridized carbons (Fsp3) is 0.898. The Labute approximate surface area is 382 Å². The molecule has 370 valence electrons. The van der Waals surface area contributed by atoms with Crippen LogP contribution in [0.3, 0.4) is 0 Å². The molecule has 5 heterocycles. The van der Waals surface area contributed by atoms with Crippen molar-refractivity contribution in [3.05, 3.63) is 24.3 Å². The average Bonchev–Trinajstić information content (AvgIpc) is 3.45. The van der Waals surface area contributed by atoms with Gasteiger partial charge >= 0.3 is 5.97 Å². The molecule has 0 radical (unpaired) electrons. The number of rotatable bonds is 6. The summed E-state index contributed by atoms with van der Waals surface area (Å²) in [5.41, 5.74) is -4.43. The van der Waals surface area contributed by atoms with Crippen molar-refractivity contribution in [2.45, 2.75) is 247 Å². The van der Waals surface area contributed by atoms with E-state index in [0.29, 0.717) is 44.9 Å². The van der Waals surface area contributed by atoms with Gasteiger partial charge in [-0.15, -0.1) is 0 Å². The summed E-state index contributed by atoms with van der Waals surface area (Å²) in [7, 11) is 3.94. The van der Waals surface area contributed by atoms with E-state index in [2.05, 4.69) is 11.0 Å². The zero-order valence-electron chi connectivity index (χ0n) is 40.4. The van der Waals surface area contributed by atoms with Crippen LogP contribution in [0.15, 0.2) is 24.3 Å². The topological polar surface area (TPSA) is 217 Å². The maximum atomic E-state index is 13.8. The number of carbonyl (C=O) groups excluding carboxylic acids is 1. The molecule has 7 N–H and O–H groups in total. The van der Waals surface area contributed by atoms with E-state index in [1.807, 2.05) is 54.8 Å². The second-order valence-corrected chi connectivity index (χ2v) is 21.4. The Morgan fingerprint density at radius 3 is 2.25 bits per heavy atom. The predicted octanol–water partition coefficient (Wildman–Crippen LogP) is 4.78. The van der Waals surface area contributed by atoms with Gasteiger partial charge in [-0.05, 0) is 119 Å². The molecule has 15 heteroatoms. The molecule has 1 spiro atoms. The molecular weight excluding hydrogens is 827 g/mol. The predicted molar refractivity (Wildman–Crippen MR) is 239 cm³/mol. The standard InChI is InChI=1S/C49H85NO14/c1-11-34(51)26-35-19-17-24-48(62-35)28-37-30(2)38(63-48)29-49(58)33(27-45(5,6)64-49)18-15-13-12-14-16-23-46(7,56)44(55)42(61-40-21-20-36(50(9)10)32(4)59-40)41(53)31(3)43(54)47(8,57)25-22-39(52)60-37/h15,18,22,25,30-38,40-44,51,53-58H,11-14,16-17,19-21,23-24,26-29H2,1-10H3/b18-15+,25-22+/t30-,31+,32-,33+,34+,35+,36-,37-,38-,40-,41+,42-,43-,44+,46+,47+,48+,49-/m0/s1. The van der Waals surface area contributed by atoms with Gasteiger partial charge in [0.05, 0.1) is 47.8 Å². The van der Waals surface area contributed by atoms with Gasteiger partial charge in [-0.3, -0.25) is 0 Å². The smallest absolute Gasteiger partial charge is 0.330 e. The number of fused-ring (bicyclic) bond motifs is 3. The number of hydrogen-bond acceptors (Lipinski definition) is 15. The normalized spacial score (nSPS) is 47.3. The van der Waals surface area contributed by atoms with Crippen LogP contribution in [0.4, 0.5) is 0 Å². The van der Waals surface area contributed by atoms with Gasteiger partial charge in [0.25, 0.3) is 0 Å². The van der Waals surface area contributed by atoms with E-state index in [1.54, 1.807) is 0 Å². The number of carbonyl (C=O) groups is 1. The minimum Gasteiger partial charge on any atom is -0.459 e. The zero-order chi connectivity index (χ0) is 47.4. The lowest BCUT2D eigenvalue weighted by molar-refractivity contribution is -0.352. The number of nitrogens with zero attached hydrogens (tertiary/aromatic N) is 1. The van der Waals surface area contributed by atoms with Crippen molar-refractivity contribution < 1.29 is 69.0 Å². The molecule has 0 aromatic heterocycles. The number of ether oxygens (including phenoxy) is 6. The van der Waals surface area contributed by atoms with Crippen LogP contribution in [-0.2, 0) is 33.2 Å². The molecule has 4 saturated heterocycles. The molecule has 0 unspecified atom stereocenters. The summed E-state index contributed by atoms with van der Waals surface area (Å²) >= 11 is 0. The van der Waals surface area contributed by atoms with Crippen molar-refractivity contribution in [3.8, 4) is 0 Å². The monoisotopic (exact) mass is 912 g/mol. The van der Waals surface area contributed by atoms with Crippen LogP contribution in [0.5, 0.6) is 0 Å². The number of aliphatic hydroxyl groups excluding tert-OH is 4. The van der Waals surface area contributed by atoms with E-state index in [0.717, 1.165) is 44.3 Å². The van der Waals surface area contributed by atoms with Gasteiger partial charge in [0.1, 0.15) is 23.9 Å². The highest BCUT2D eigenvalue weighted by Gasteiger charge is 2.56. The van der Waals surface area contributed by atoms with Gasteiger partial charge < -0.3 is 69.1 Å². The summed E-state index contributed by atoms with van der Waals surface area (Å²) in [6.45, 7) is 14.0. The van der Waals surface area contributed by atoms with Crippen LogP contribution in [0, 0.1) is 17.8 Å². The fourth-order valence-electron chi connectivity index (χ4n) is 10.9. The van der Waals surface area contributed by atoms with Gasteiger partial charge in [0, 0.05) is 49.1 Å². The zero-order valence-corrected chi connectivity index (χ0v) is 40.4. The SMILES string of the molecule is CC[C@@H](O)C[C@H]1CCC[C@@]2(C[C@@H]3OC(=O)/C=C/[C@@](C)(O)[C@@H](O)[C@H](C)[C@@H](O)[C@H](O[C@H]4CC[C@H](N(C)C)[C@H](C)O4)[C@@H](O)[C@](C)(O)CCCCC/C=C/[C@@H]4CC(C)(C)O[C@@]4(O)C[C@H](O2)[C@H]3C)O1. The van der Waals surface area contributed by atoms with Gasteiger partial charge in [0.2, 0.25) is 0 Å². The van der Waals surface area contributed by atoms with E-state index < -0.39 is 95.2 Å². The molecule has 4 fully saturated rings. The lowest BCUT2D eigenvalue weighted by Gasteiger charge is -2.51. The summed E-state index contributed by atoms with van der Waals surface area (Å²) < 4.78 is 38.7. The van der Waals surface area contributed by atoms with Crippen molar-refractivity contribution >= 4 is 5.97 Å².